The molecule has 0 heterocycles. The van der Waals surface area contributed by atoms with Crippen molar-refractivity contribution in [3.05, 3.63) is 11.6 Å². The molecular weight excluding hydrogens is 132 g/mol. The molecule has 11 heavy (non-hydrogen) atoms. The molecule has 1 fully saturated rings. The third-order valence-electron chi connectivity index (χ3n) is 3.06. The Kier molecular flexibility index (Phi) is 2.41. The van der Waals surface area contributed by atoms with Gasteiger partial charge in [0, 0.05) is 0 Å². The van der Waals surface area contributed by atoms with Crippen molar-refractivity contribution in [3.63, 3.8) is 0 Å². The molecule has 1 unspecified atom stereocenters. The van der Waals surface area contributed by atoms with Gasteiger partial charge in [0.1, 0.15) is 0 Å². The van der Waals surface area contributed by atoms with Crippen LogP contribution in [0, 0.1) is 11.3 Å². The molecule has 1 aliphatic carbocycles. The van der Waals surface area contributed by atoms with Crippen LogP contribution in [0.2, 0.25) is 0 Å². The average molecular weight is 152 g/mol. The molecule has 0 aromatic rings. The number of allylic oxidation sites excluding steroid dienone is 2. The second-order valence-corrected chi connectivity index (χ2v) is 4.42. The molecular formula is C11H20. The van der Waals surface area contributed by atoms with Crippen molar-refractivity contribution in [3.8, 4) is 0 Å². The fourth-order valence-corrected chi connectivity index (χ4v) is 2.49. The van der Waals surface area contributed by atoms with E-state index in [0.717, 1.165) is 5.92 Å². The van der Waals surface area contributed by atoms with Crippen LogP contribution in [0.25, 0.3) is 0 Å². The van der Waals surface area contributed by atoms with Gasteiger partial charge in [0.15, 0.2) is 0 Å². The minimum absolute atomic E-state index is 0.479. The van der Waals surface area contributed by atoms with Crippen LogP contribution >= 0.6 is 0 Å². The highest BCUT2D eigenvalue weighted by molar-refractivity contribution is 5.16. The first-order valence-electron chi connectivity index (χ1n) is 4.74. The zero-order valence-corrected chi connectivity index (χ0v) is 8.28. The van der Waals surface area contributed by atoms with Crippen molar-refractivity contribution in [1.82, 2.24) is 0 Å². The van der Waals surface area contributed by atoms with Crippen molar-refractivity contribution < 1.29 is 0 Å². The molecule has 0 amide bonds. The summed E-state index contributed by atoms with van der Waals surface area (Å²) in [6, 6.07) is 0. The number of hydrogen-bond acceptors (Lipinski definition) is 0. The lowest BCUT2D eigenvalue weighted by Crippen LogP contribution is -2.24. The smallest absolute Gasteiger partial charge is 0.0142 e. The van der Waals surface area contributed by atoms with Crippen molar-refractivity contribution in [1.29, 1.82) is 0 Å². The molecule has 0 heteroatoms. The Hall–Kier alpha value is -0.260. The highest BCUT2D eigenvalue weighted by Crippen LogP contribution is 2.42. The van der Waals surface area contributed by atoms with Crippen molar-refractivity contribution in [2.45, 2.75) is 47.0 Å². The average Bonchev–Trinajstić information content (AvgIpc) is 1.86. The van der Waals surface area contributed by atoms with Crippen LogP contribution in [0.4, 0.5) is 0 Å². The van der Waals surface area contributed by atoms with Crippen LogP contribution in [-0.2, 0) is 0 Å². The molecule has 0 N–H and O–H groups in total. The first kappa shape index (κ1) is 8.83. The molecule has 1 rings (SSSR count). The lowest BCUT2D eigenvalue weighted by Gasteiger charge is -2.37. The fraction of sp³-hybridized carbons (Fsp3) is 0.818. The standard InChI is InChI=1S/C11H20/c1-5-10-9(2)7-6-8-11(10,3)4/h5,9H,6-8H2,1-4H3/b10-5+. The van der Waals surface area contributed by atoms with Gasteiger partial charge >= 0.3 is 0 Å². The van der Waals surface area contributed by atoms with E-state index >= 15 is 0 Å². The molecule has 0 aromatic carbocycles. The monoisotopic (exact) mass is 152 g/mol. The van der Waals surface area contributed by atoms with E-state index in [1.165, 1.54) is 19.3 Å². The predicted molar refractivity (Wildman–Crippen MR) is 50.6 cm³/mol. The van der Waals surface area contributed by atoms with Gasteiger partial charge in [-0.1, -0.05) is 38.8 Å². The van der Waals surface area contributed by atoms with Gasteiger partial charge in [-0.3, -0.25) is 0 Å². The molecule has 1 saturated carbocycles. The first-order chi connectivity index (χ1) is 5.08. The maximum atomic E-state index is 2.37. The Bertz CT molecular complexity index is 163. The maximum Gasteiger partial charge on any atom is -0.0142 e. The van der Waals surface area contributed by atoms with Crippen LogP contribution in [0.1, 0.15) is 47.0 Å². The topological polar surface area (TPSA) is 0 Å². The third kappa shape index (κ3) is 1.66. The summed E-state index contributed by atoms with van der Waals surface area (Å²) in [4.78, 5) is 0. The van der Waals surface area contributed by atoms with Crippen LogP contribution in [0.15, 0.2) is 11.6 Å². The SMILES string of the molecule is C/C=C1\C(C)CCCC1(C)C. The normalized spacial score (nSPS) is 34.2. The highest BCUT2D eigenvalue weighted by Gasteiger charge is 2.29. The minimum Gasteiger partial charge on any atom is -0.0876 e. The third-order valence-corrected chi connectivity index (χ3v) is 3.06. The van der Waals surface area contributed by atoms with E-state index in [1.807, 2.05) is 0 Å². The molecule has 0 saturated heterocycles. The predicted octanol–water partition coefficient (Wildman–Crippen LogP) is 3.78. The van der Waals surface area contributed by atoms with Gasteiger partial charge < -0.3 is 0 Å². The molecule has 1 atom stereocenters. The van der Waals surface area contributed by atoms with Gasteiger partial charge in [-0.15, -0.1) is 0 Å². The molecule has 1 aliphatic rings. The zero-order chi connectivity index (χ0) is 8.48. The largest absolute Gasteiger partial charge is 0.0876 e. The summed E-state index contributed by atoms with van der Waals surface area (Å²) in [7, 11) is 0. The summed E-state index contributed by atoms with van der Waals surface area (Å²) in [5.74, 6) is 0.823. The second-order valence-electron chi connectivity index (χ2n) is 4.42. The maximum absolute atomic E-state index is 2.37. The Morgan fingerprint density at radius 2 is 2.09 bits per heavy atom. The lowest BCUT2D eigenvalue weighted by atomic mass is 9.68. The summed E-state index contributed by atoms with van der Waals surface area (Å²) in [5, 5.41) is 0. The van der Waals surface area contributed by atoms with Gasteiger partial charge in [0.2, 0.25) is 0 Å². The Labute approximate surface area is 70.7 Å². The summed E-state index contributed by atoms with van der Waals surface area (Å²) >= 11 is 0. The Morgan fingerprint density at radius 1 is 1.45 bits per heavy atom. The molecule has 0 radical (unpaired) electrons. The molecule has 0 nitrogen and oxygen atoms in total. The van der Waals surface area contributed by atoms with E-state index in [2.05, 4.69) is 33.8 Å². The van der Waals surface area contributed by atoms with Gasteiger partial charge in [-0.05, 0) is 31.1 Å². The fourth-order valence-electron chi connectivity index (χ4n) is 2.49. The van der Waals surface area contributed by atoms with Crippen molar-refractivity contribution in [2.24, 2.45) is 11.3 Å². The van der Waals surface area contributed by atoms with Crippen LogP contribution < -0.4 is 0 Å². The van der Waals surface area contributed by atoms with E-state index in [1.54, 1.807) is 5.57 Å². The second kappa shape index (κ2) is 3.00. The van der Waals surface area contributed by atoms with E-state index in [4.69, 9.17) is 0 Å². The number of hydrogen-bond donors (Lipinski definition) is 0. The Balaban J connectivity index is 2.82. The molecule has 64 valence electrons. The molecule has 0 aromatic heterocycles. The van der Waals surface area contributed by atoms with Crippen LogP contribution in [0.5, 0.6) is 0 Å². The van der Waals surface area contributed by atoms with E-state index in [9.17, 15) is 0 Å². The zero-order valence-electron chi connectivity index (χ0n) is 8.28. The quantitative estimate of drug-likeness (QED) is 0.463. The first-order valence-corrected chi connectivity index (χ1v) is 4.74. The number of rotatable bonds is 0. The van der Waals surface area contributed by atoms with Gasteiger partial charge in [-0.25, -0.2) is 0 Å². The van der Waals surface area contributed by atoms with E-state index in [0.29, 0.717) is 5.41 Å². The van der Waals surface area contributed by atoms with E-state index < -0.39 is 0 Å². The van der Waals surface area contributed by atoms with Crippen LogP contribution in [0.3, 0.4) is 0 Å². The van der Waals surface area contributed by atoms with Gasteiger partial charge in [-0.2, -0.15) is 0 Å². The summed E-state index contributed by atoms with van der Waals surface area (Å²) in [5.41, 5.74) is 2.15. The van der Waals surface area contributed by atoms with Gasteiger partial charge in [0.05, 0.1) is 0 Å². The van der Waals surface area contributed by atoms with E-state index in [-0.39, 0.29) is 0 Å². The Morgan fingerprint density at radius 3 is 2.45 bits per heavy atom. The summed E-state index contributed by atoms with van der Waals surface area (Å²) in [6.07, 6.45) is 6.50. The molecule has 0 bridgehead atoms. The highest BCUT2D eigenvalue weighted by atomic mass is 14.3. The summed E-state index contributed by atoms with van der Waals surface area (Å²) < 4.78 is 0. The van der Waals surface area contributed by atoms with Crippen molar-refractivity contribution in [2.75, 3.05) is 0 Å². The van der Waals surface area contributed by atoms with Gasteiger partial charge in [0.25, 0.3) is 0 Å². The molecule has 0 aliphatic heterocycles. The minimum atomic E-state index is 0.479. The van der Waals surface area contributed by atoms with Crippen molar-refractivity contribution >= 4 is 0 Å². The van der Waals surface area contributed by atoms with Crippen LogP contribution in [-0.4, -0.2) is 0 Å². The molecule has 0 spiro atoms. The summed E-state index contributed by atoms with van der Waals surface area (Å²) in [6.45, 7) is 9.28. The lowest BCUT2D eigenvalue weighted by molar-refractivity contribution is 0.289.